The van der Waals surface area contributed by atoms with Gasteiger partial charge in [-0.05, 0) is 24.3 Å². The number of carbonyl (C=O) groups excluding carboxylic acids is 1. The normalized spacial score (nSPS) is 11.3. The van der Waals surface area contributed by atoms with E-state index in [-0.39, 0.29) is 5.69 Å². The predicted molar refractivity (Wildman–Crippen MR) is 63.2 cm³/mol. The van der Waals surface area contributed by atoms with Crippen molar-refractivity contribution in [3.8, 4) is 11.3 Å². The van der Waals surface area contributed by atoms with Crippen molar-refractivity contribution < 1.29 is 18.0 Å². The molecule has 0 bridgehead atoms. The number of nitrogens with zero attached hydrogens (tertiary/aromatic N) is 1. The Bertz CT molecular complexity index is 606. The second kappa shape index (κ2) is 4.72. The Hall–Kier alpha value is -2.37. The van der Waals surface area contributed by atoms with Crippen LogP contribution in [0.1, 0.15) is 16.1 Å². The van der Waals surface area contributed by atoms with E-state index in [0.29, 0.717) is 11.3 Å². The Balaban J connectivity index is 2.37. The van der Waals surface area contributed by atoms with Crippen LogP contribution < -0.4 is 5.73 Å². The maximum absolute atomic E-state index is 12.4. The van der Waals surface area contributed by atoms with E-state index in [1.807, 2.05) is 0 Å². The minimum Gasteiger partial charge on any atom is -0.364 e. The third kappa shape index (κ3) is 2.90. The molecule has 0 aliphatic rings. The molecule has 1 aromatic carbocycles. The van der Waals surface area contributed by atoms with Gasteiger partial charge >= 0.3 is 6.18 Å². The van der Waals surface area contributed by atoms with Crippen molar-refractivity contribution in [2.24, 2.45) is 5.73 Å². The lowest BCUT2D eigenvalue weighted by atomic mass is 10.1. The zero-order valence-electron chi connectivity index (χ0n) is 9.61. The lowest BCUT2D eigenvalue weighted by Gasteiger charge is -2.07. The Morgan fingerprint density at radius 3 is 2.21 bits per heavy atom. The van der Waals surface area contributed by atoms with E-state index in [4.69, 9.17) is 5.73 Å². The van der Waals surface area contributed by atoms with Crippen molar-refractivity contribution >= 4 is 5.91 Å². The van der Waals surface area contributed by atoms with Crippen molar-refractivity contribution in [2.75, 3.05) is 0 Å². The molecule has 2 N–H and O–H groups in total. The van der Waals surface area contributed by atoms with E-state index < -0.39 is 17.6 Å². The molecule has 98 valence electrons. The molecule has 1 amide bonds. The molecule has 0 atom stereocenters. The van der Waals surface area contributed by atoms with E-state index in [9.17, 15) is 18.0 Å². The Morgan fingerprint density at radius 1 is 1.05 bits per heavy atom. The summed E-state index contributed by atoms with van der Waals surface area (Å²) in [5, 5.41) is 0. The Morgan fingerprint density at radius 2 is 1.68 bits per heavy atom. The van der Waals surface area contributed by atoms with Crippen LogP contribution in [0.2, 0.25) is 0 Å². The number of alkyl halides is 3. The van der Waals surface area contributed by atoms with Crippen LogP contribution in [0.5, 0.6) is 0 Å². The number of halogens is 3. The number of primary amides is 1. The van der Waals surface area contributed by atoms with Crippen LogP contribution >= 0.6 is 0 Å². The number of benzene rings is 1. The molecular weight excluding hydrogens is 257 g/mol. The summed E-state index contributed by atoms with van der Waals surface area (Å²) >= 11 is 0. The smallest absolute Gasteiger partial charge is 0.364 e. The van der Waals surface area contributed by atoms with E-state index in [0.717, 1.165) is 12.1 Å². The quantitative estimate of drug-likeness (QED) is 0.908. The number of nitrogens with two attached hydrogens (primary N) is 1. The number of carbonyl (C=O) groups is 1. The molecule has 0 unspecified atom stereocenters. The van der Waals surface area contributed by atoms with Crippen molar-refractivity contribution in [1.82, 2.24) is 4.98 Å². The lowest BCUT2D eigenvalue weighted by Crippen LogP contribution is -2.13. The van der Waals surface area contributed by atoms with Crippen LogP contribution in [0, 0.1) is 0 Å². The summed E-state index contributed by atoms with van der Waals surface area (Å²) in [6.07, 6.45) is -4.37. The maximum Gasteiger partial charge on any atom is 0.416 e. The number of amides is 1. The number of pyridine rings is 1. The molecule has 0 radical (unpaired) electrons. The molecule has 2 rings (SSSR count). The van der Waals surface area contributed by atoms with Gasteiger partial charge in [0.25, 0.3) is 5.91 Å². The summed E-state index contributed by atoms with van der Waals surface area (Å²) in [7, 11) is 0. The van der Waals surface area contributed by atoms with Gasteiger partial charge in [0, 0.05) is 5.56 Å². The molecule has 1 heterocycles. The number of rotatable bonds is 2. The highest BCUT2D eigenvalue weighted by Crippen LogP contribution is 2.30. The molecule has 0 aliphatic carbocycles. The van der Waals surface area contributed by atoms with Gasteiger partial charge in [0.2, 0.25) is 0 Å². The van der Waals surface area contributed by atoms with Gasteiger partial charge in [-0.3, -0.25) is 4.79 Å². The van der Waals surface area contributed by atoms with Crippen molar-refractivity contribution in [1.29, 1.82) is 0 Å². The van der Waals surface area contributed by atoms with E-state index >= 15 is 0 Å². The minimum absolute atomic E-state index is 0.0670. The highest BCUT2D eigenvalue weighted by molar-refractivity contribution is 5.91. The molecule has 19 heavy (non-hydrogen) atoms. The van der Waals surface area contributed by atoms with Crippen LogP contribution in [0.3, 0.4) is 0 Å². The lowest BCUT2D eigenvalue weighted by molar-refractivity contribution is -0.137. The Labute approximate surface area is 106 Å². The van der Waals surface area contributed by atoms with Crippen LogP contribution in [0.15, 0.2) is 42.5 Å². The molecule has 6 heteroatoms. The van der Waals surface area contributed by atoms with Gasteiger partial charge in [-0.25, -0.2) is 4.98 Å². The van der Waals surface area contributed by atoms with Crippen LogP contribution in [-0.4, -0.2) is 10.9 Å². The molecule has 0 saturated heterocycles. The summed E-state index contributed by atoms with van der Waals surface area (Å²) in [6, 6.07) is 9.14. The summed E-state index contributed by atoms with van der Waals surface area (Å²) in [6.45, 7) is 0. The number of hydrogen-bond donors (Lipinski definition) is 1. The summed E-state index contributed by atoms with van der Waals surface area (Å²) in [5.41, 5.74) is 5.30. The van der Waals surface area contributed by atoms with Gasteiger partial charge in [0.1, 0.15) is 5.69 Å². The average Bonchev–Trinajstić information content (AvgIpc) is 2.38. The van der Waals surface area contributed by atoms with Crippen molar-refractivity contribution in [3.63, 3.8) is 0 Å². The highest BCUT2D eigenvalue weighted by Gasteiger charge is 2.29. The summed E-state index contributed by atoms with van der Waals surface area (Å²) in [5.74, 6) is -0.686. The first-order valence-electron chi connectivity index (χ1n) is 5.32. The molecule has 0 saturated carbocycles. The van der Waals surface area contributed by atoms with Gasteiger partial charge in [-0.2, -0.15) is 13.2 Å². The van der Waals surface area contributed by atoms with Gasteiger partial charge in [0.05, 0.1) is 11.3 Å². The van der Waals surface area contributed by atoms with Crippen LogP contribution in [-0.2, 0) is 6.18 Å². The third-order valence-electron chi connectivity index (χ3n) is 2.51. The van der Waals surface area contributed by atoms with E-state index in [1.54, 1.807) is 12.1 Å². The number of aromatic nitrogens is 1. The number of hydrogen-bond acceptors (Lipinski definition) is 2. The van der Waals surface area contributed by atoms with E-state index in [1.165, 1.54) is 18.2 Å². The third-order valence-corrected chi connectivity index (χ3v) is 2.51. The first kappa shape index (κ1) is 13.1. The van der Waals surface area contributed by atoms with Gasteiger partial charge in [-0.15, -0.1) is 0 Å². The summed E-state index contributed by atoms with van der Waals surface area (Å²) in [4.78, 5) is 15.0. The SMILES string of the molecule is NC(=O)c1cccc(-c2ccc(C(F)(F)F)cc2)n1. The monoisotopic (exact) mass is 266 g/mol. The Kier molecular flexibility index (Phi) is 3.25. The van der Waals surface area contributed by atoms with Gasteiger partial charge < -0.3 is 5.73 Å². The largest absolute Gasteiger partial charge is 0.416 e. The zero-order valence-corrected chi connectivity index (χ0v) is 9.61. The maximum atomic E-state index is 12.4. The highest BCUT2D eigenvalue weighted by atomic mass is 19.4. The molecule has 1 aromatic heterocycles. The minimum atomic E-state index is -4.37. The molecule has 0 spiro atoms. The first-order valence-corrected chi connectivity index (χ1v) is 5.32. The molecule has 3 nitrogen and oxygen atoms in total. The van der Waals surface area contributed by atoms with Gasteiger partial charge in [-0.1, -0.05) is 18.2 Å². The fourth-order valence-electron chi connectivity index (χ4n) is 1.56. The first-order chi connectivity index (χ1) is 8.88. The van der Waals surface area contributed by atoms with Crippen molar-refractivity contribution in [3.05, 3.63) is 53.7 Å². The van der Waals surface area contributed by atoms with E-state index in [2.05, 4.69) is 4.98 Å². The second-order valence-electron chi connectivity index (χ2n) is 3.85. The fourth-order valence-corrected chi connectivity index (χ4v) is 1.56. The fraction of sp³-hybridized carbons (Fsp3) is 0.0769. The zero-order chi connectivity index (χ0) is 14.0. The average molecular weight is 266 g/mol. The molecular formula is C13H9F3N2O. The second-order valence-corrected chi connectivity index (χ2v) is 3.85. The van der Waals surface area contributed by atoms with Gasteiger partial charge in [0.15, 0.2) is 0 Å². The topological polar surface area (TPSA) is 56.0 Å². The standard InChI is InChI=1S/C13H9F3N2O/c14-13(15,16)9-6-4-8(5-7-9)10-2-1-3-11(18-10)12(17)19/h1-7H,(H2,17,19). The molecule has 0 fully saturated rings. The molecule has 0 aliphatic heterocycles. The summed E-state index contributed by atoms with van der Waals surface area (Å²) < 4.78 is 37.2. The van der Waals surface area contributed by atoms with Crippen LogP contribution in [0.25, 0.3) is 11.3 Å². The van der Waals surface area contributed by atoms with Crippen molar-refractivity contribution in [2.45, 2.75) is 6.18 Å². The predicted octanol–water partition coefficient (Wildman–Crippen LogP) is 2.87. The van der Waals surface area contributed by atoms with Crippen LogP contribution in [0.4, 0.5) is 13.2 Å². The molecule has 2 aromatic rings.